The molecule has 7 heteroatoms. The van der Waals surface area contributed by atoms with Crippen molar-refractivity contribution in [1.29, 1.82) is 0 Å². The van der Waals surface area contributed by atoms with E-state index in [4.69, 9.17) is 14.4 Å². The van der Waals surface area contributed by atoms with Gasteiger partial charge in [-0.25, -0.2) is 4.79 Å². The lowest BCUT2D eigenvalue weighted by Crippen LogP contribution is -2.11. The number of rotatable bonds is 4. The van der Waals surface area contributed by atoms with Crippen LogP contribution in [0.4, 0.5) is 0 Å². The van der Waals surface area contributed by atoms with Crippen molar-refractivity contribution in [3.8, 4) is 5.75 Å². The van der Waals surface area contributed by atoms with Crippen LogP contribution in [-0.4, -0.2) is 26.2 Å². The maximum Gasteiger partial charge on any atom is 0.339 e. The van der Waals surface area contributed by atoms with Gasteiger partial charge in [0.15, 0.2) is 12.4 Å². The zero-order chi connectivity index (χ0) is 14.8. The van der Waals surface area contributed by atoms with E-state index >= 15 is 0 Å². The van der Waals surface area contributed by atoms with Gasteiger partial charge in [0.1, 0.15) is 5.56 Å². The SMILES string of the molecule is CC(C)(C)c1nc(COc2cnccc2C(=O)O)no1. The van der Waals surface area contributed by atoms with E-state index in [1.165, 1.54) is 18.5 Å². The van der Waals surface area contributed by atoms with Crippen molar-refractivity contribution >= 4 is 5.97 Å². The van der Waals surface area contributed by atoms with Gasteiger partial charge in [0, 0.05) is 11.6 Å². The van der Waals surface area contributed by atoms with Crippen molar-refractivity contribution < 1.29 is 19.2 Å². The maximum atomic E-state index is 11.0. The lowest BCUT2D eigenvalue weighted by atomic mass is 9.97. The predicted molar refractivity (Wildman–Crippen MR) is 68.5 cm³/mol. The van der Waals surface area contributed by atoms with E-state index in [-0.39, 0.29) is 23.3 Å². The molecular formula is C13H15N3O4. The van der Waals surface area contributed by atoms with E-state index in [1.807, 2.05) is 20.8 Å². The third-order valence-electron chi connectivity index (χ3n) is 2.48. The van der Waals surface area contributed by atoms with Crippen LogP contribution in [0.3, 0.4) is 0 Å². The van der Waals surface area contributed by atoms with Crippen molar-refractivity contribution in [2.75, 3.05) is 0 Å². The highest BCUT2D eigenvalue weighted by molar-refractivity contribution is 5.90. The van der Waals surface area contributed by atoms with Crippen molar-refractivity contribution in [3.63, 3.8) is 0 Å². The molecule has 0 fully saturated rings. The number of pyridine rings is 1. The topological polar surface area (TPSA) is 98.3 Å². The molecule has 0 amide bonds. The number of hydrogen-bond donors (Lipinski definition) is 1. The molecule has 0 saturated carbocycles. The van der Waals surface area contributed by atoms with Gasteiger partial charge >= 0.3 is 5.97 Å². The molecule has 0 radical (unpaired) electrons. The second-order valence-corrected chi connectivity index (χ2v) is 5.23. The summed E-state index contributed by atoms with van der Waals surface area (Å²) in [5.74, 6) is -0.0520. The second-order valence-electron chi connectivity index (χ2n) is 5.23. The van der Waals surface area contributed by atoms with Crippen LogP contribution in [0.5, 0.6) is 5.75 Å². The van der Waals surface area contributed by atoms with Gasteiger partial charge in [0.05, 0.1) is 6.20 Å². The van der Waals surface area contributed by atoms with Gasteiger partial charge < -0.3 is 14.4 Å². The average Bonchev–Trinajstić information content (AvgIpc) is 2.85. The number of carboxylic acids is 1. The summed E-state index contributed by atoms with van der Waals surface area (Å²) in [5, 5.41) is 12.8. The first-order valence-electron chi connectivity index (χ1n) is 6.01. The molecule has 0 atom stereocenters. The van der Waals surface area contributed by atoms with Crippen LogP contribution >= 0.6 is 0 Å². The summed E-state index contributed by atoms with van der Waals surface area (Å²) in [5.41, 5.74) is -0.203. The molecule has 0 aliphatic rings. The van der Waals surface area contributed by atoms with E-state index in [9.17, 15) is 4.79 Å². The molecular weight excluding hydrogens is 262 g/mol. The summed E-state index contributed by atoms with van der Waals surface area (Å²) in [6, 6.07) is 1.37. The molecule has 20 heavy (non-hydrogen) atoms. The fourth-order valence-electron chi connectivity index (χ4n) is 1.43. The number of aromatic nitrogens is 3. The van der Waals surface area contributed by atoms with Crippen LogP contribution in [0.15, 0.2) is 23.0 Å². The fourth-order valence-corrected chi connectivity index (χ4v) is 1.43. The number of carboxylic acid groups (broad SMARTS) is 1. The predicted octanol–water partition coefficient (Wildman–Crippen LogP) is 2.04. The van der Waals surface area contributed by atoms with E-state index in [0.29, 0.717) is 11.7 Å². The van der Waals surface area contributed by atoms with Gasteiger partial charge in [-0.1, -0.05) is 25.9 Å². The van der Waals surface area contributed by atoms with E-state index in [2.05, 4.69) is 15.1 Å². The highest BCUT2D eigenvalue weighted by Gasteiger charge is 2.22. The van der Waals surface area contributed by atoms with Crippen molar-refractivity contribution in [2.45, 2.75) is 32.8 Å². The molecule has 0 aliphatic heterocycles. The Bertz CT molecular complexity index is 616. The molecule has 7 nitrogen and oxygen atoms in total. The van der Waals surface area contributed by atoms with Crippen LogP contribution in [0.2, 0.25) is 0 Å². The maximum absolute atomic E-state index is 11.0. The molecule has 2 rings (SSSR count). The molecule has 2 aromatic rings. The van der Waals surface area contributed by atoms with Crippen LogP contribution in [0.1, 0.15) is 42.8 Å². The highest BCUT2D eigenvalue weighted by atomic mass is 16.5. The summed E-state index contributed by atoms with van der Waals surface area (Å²) in [6.07, 6.45) is 2.73. The Hall–Kier alpha value is -2.44. The number of aromatic carboxylic acids is 1. The van der Waals surface area contributed by atoms with Gasteiger partial charge in [-0.3, -0.25) is 4.98 Å². The molecule has 2 heterocycles. The average molecular weight is 277 g/mol. The molecule has 0 unspecified atom stereocenters. The van der Waals surface area contributed by atoms with Crippen LogP contribution < -0.4 is 4.74 Å². The van der Waals surface area contributed by atoms with Crippen LogP contribution in [0, 0.1) is 0 Å². The molecule has 0 saturated heterocycles. The van der Waals surface area contributed by atoms with Crippen LogP contribution in [-0.2, 0) is 12.0 Å². The van der Waals surface area contributed by atoms with Gasteiger partial charge in [-0.05, 0) is 6.07 Å². The molecule has 0 aliphatic carbocycles. The zero-order valence-corrected chi connectivity index (χ0v) is 11.5. The lowest BCUT2D eigenvalue weighted by molar-refractivity contribution is 0.0691. The minimum absolute atomic E-state index is 0.0194. The number of ether oxygens (including phenoxy) is 1. The number of hydrogen-bond acceptors (Lipinski definition) is 6. The summed E-state index contributed by atoms with van der Waals surface area (Å²) in [7, 11) is 0. The second kappa shape index (κ2) is 5.28. The summed E-state index contributed by atoms with van der Waals surface area (Å²) < 4.78 is 10.5. The zero-order valence-electron chi connectivity index (χ0n) is 11.5. The van der Waals surface area contributed by atoms with Gasteiger partial charge in [-0.2, -0.15) is 4.98 Å². The Labute approximate surface area is 115 Å². The van der Waals surface area contributed by atoms with Crippen molar-refractivity contribution in [3.05, 3.63) is 35.7 Å². The van der Waals surface area contributed by atoms with Crippen molar-refractivity contribution in [1.82, 2.24) is 15.1 Å². The van der Waals surface area contributed by atoms with Gasteiger partial charge in [0.25, 0.3) is 0 Å². The standard InChI is InChI=1S/C13H15N3O4/c1-13(2,3)12-15-10(16-20-12)7-19-9-6-14-5-4-8(9)11(17)18/h4-6H,7H2,1-3H3,(H,17,18). The Kier molecular flexibility index (Phi) is 3.69. The monoisotopic (exact) mass is 277 g/mol. The Morgan fingerprint density at radius 3 is 2.80 bits per heavy atom. The third-order valence-corrected chi connectivity index (χ3v) is 2.48. The molecule has 106 valence electrons. The Morgan fingerprint density at radius 2 is 2.20 bits per heavy atom. The summed E-state index contributed by atoms with van der Waals surface area (Å²) >= 11 is 0. The first kappa shape index (κ1) is 14.0. The minimum atomic E-state index is -1.08. The first-order valence-corrected chi connectivity index (χ1v) is 6.01. The number of carbonyl (C=O) groups is 1. The number of nitrogens with zero attached hydrogens (tertiary/aromatic N) is 3. The largest absolute Gasteiger partial charge is 0.483 e. The van der Waals surface area contributed by atoms with Gasteiger partial charge in [0.2, 0.25) is 11.7 Å². The quantitative estimate of drug-likeness (QED) is 0.912. The fraction of sp³-hybridized carbons (Fsp3) is 0.385. The molecule has 2 aromatic heterocycles. The van der Waals surface area contributed by atoms with E-state index in [1.54, 1.807) is 0 Å². The lowest BCUT2D eigenvalue weighted by Gasteiger charge is -2.10. The van der Waals surface area contributed by atoms with E-state index < -0.39 is 5.97 Å². The first-order chi connectivity index (χ1) is 9.38. The molecule has 0 aromatic carbocycles. The van der Waals surface area contributed by atoms with Gasteiger partial charge in [-0.15, -0.1) is 0 Å². The molecule has 0 bridgehead atoms. The van der Waals surface area contributed by atoms with Crippen molar-refractivity contribution in [2.24, 2.45) is 0 Å². The smallest absolute Gasteiger partial charge is 0.339 e. The Morgan fingerprint density at radius 1 is 1.45 bits per heavy atom. The minimum Gasteiger partial charge on any atom is -0.483 e. The van der Waals surface area contributed by atoms with Crippen LogP contribution in [0.25, 0.3) is 0 Å². The Balaban J connectivity index is 2.10. The molecule has 0 spiro atoms. The highest BCUT2D eigenvalue weighted by Crippen LogP contribution is 2.21. The van der Waals surface area contributed by atoms with E-state index in [0.717, 1.165) is 0 Å². The summed E-state index contributed by atoms with van der Waals surface area (Å²) in [4.78, 5) is 19.0. The normalized spacial score (nSPS) is 11.3. The third kappa shape index (κ3) is 3.11. The summed E-state index contributed by atoms with van der Waals surface area (Å²) in [6.45, 7) is 5.88. The molecule has 1 N–H and O–H groups in total.